The smallest absolute Gasteiger partial charge is 0.171 e. The summed E-state index contributed by atoms with van der Waals surface area (Å²) in [4.78, 5) is 12.2. The van der Waals surface area contributed by atoms with E-state index in [0.717, 1.165) is 18.2 Å². The number of ketones is 1. The van der Waals surface area contributed by atoms with Crippen molar-refractivity contribution in [3.63, 3.8) is 0 Å². The quantitative estimate of drug-likeness (QED) is 0.796. The van der Waals surface area contributed by atoms with Gasteiger partial charge in [-0.05, 0) is 35.9 Å². The minimum atomic E-state index is -0.717. The molecular weight excluding hydrogens is 286 g/mol. The van der Waals surface area contributed by atoms with E-state index < -0.39 is 11.6 Å². The molecule has 2 rings (SSSR count). The van der Waals surface area contributed by atoms with E-state index >= 15 is 0 Å². The van der Waals surface area contributed by atoms with Crippen molar-refractivity contribution < 1.29 is 18.3 Å². The minimum absolute atomic E-state index is 0.134. The molecule has 0 radical (unpaired) electrons. The van der Waals surface area contributed by atoms with Crippen molar-refractivity contribution in [1.82, 2.24) is 0 Å². The van der Waals surface area contributed by atoms with Crippen LogP contribution in [0.1, 0.15) is 15.9 Å². The van der Waals surface area contributed by atoms with Crippen molar-refractivity contribution in [3.05, 3.63) is 64.2 Å². The van der Waals surface area contributed by atoms with E-state index in [-0.39, 0.29) is 23.3 Å². The Morgan fingerprint density at radius 2 is 1.80 bits per heavy atom. The first kappa shape index (κ1) is 14.5. The van der Waals surface area contributed by atoms with Crippen LogP contribution in [-0.4, -0.2) is 12.9 Å². The van der Waals surface area contributed by atoms with Crippen LogP contribution >= 0.6 is 11.6 Å². The Hall–Kier alpha value is -1.94. The Kier molecular flexibility index (Phi) is 4.35. The molecule has 0 N–H and O–H groups in total. The Labute approximate surface area is 119 Å². The molecule has 0 saturated heterocycles. The summed E-state index contributed by atoms with van der Waals surface area (Å²) in [7, 11) is 1.43. The topological polar surface area (TPSA) is 26.3 Å². The number of carbonyl (C=O) groups excluding carboxylic acids is 1. The lowest BCUT2D eigenvalue weighted by molar-refractivity contribution is 0.0990. The Bertz CT molecular complexity index is 636. The number of Topliss-reactive ketones (excluding diaryl/α,β-unsaturated/α-hetero) is 1. The number of rotatable bonds is 4. The van der Waals surface area contributed by atoms with E-state index in [1.165, 1.54) is 13.2 Å². The number of hydrogen-bond acceptors (Lipinski definition) is 2. The van der Waals surface area contributed by atoms with E-state index in [4.69, 9.17) is 16.3 Å². The van der Waals surface area contributed by atoms with E-state index in [9.17, 15) is 13.6 Å². The fourth-order valence-corrected chi connectivity index (χ4v) is 2.06. The van der Waals surface area contributed by atoms with Crippen molar-refractivity contribution >= 4 is 17.4 Å². The van der Waals surface area contributed by atoms with Gasteiger partial charge in [-0.25, -0.2) is 8.78 Å². The van der Waals surface area contributed by atoms with Crippen LogP contribution in [0.25, 0.3) is 0 Å². The lowest BCUT2D eigenvalue weighted by Gasteiger charge is -2.08. The van der Waals surface area contributed by atoms with Crippen LogP contribution in [-0.2, 0) is 6.42 Å². The van der Waals surface area contributed by atoms with Gasteiger partial charge in [-0.3, -0.25) is 4.79 Å². The normalized spacial score (nSPS) is 10.4. The molecule has 0 aliphatic rings. The number of carbonyl (C=O) groups is 1. The third-order valence-corrected chi connectivity index (χ3v) is 2.98. The van der Waals surface area contributed by atoms with Crippen molar-refractivity contribution in [2.45, 2.75) is 6.42 Å². The Balaban J connectivity index is 2.30. The molecule has 0 aromatic heterocycles. The Morgan fingerprint density at radius 3 is 2.40 bits per heavy atom. The van der Waals surface area contributed by atoms with Gasteiger partial charge in [-0.2, -0.15) is 0 Å². The van der Waals surface area contributed by atoms with Gasteiger partial charge in [0.25, 0.3) is 0 Å². The molecule has 0 aliphatic heterocycles. The second-order valence-electron chi connectivity index (χ2n) is 4.22. The summed E-state index contributed by atoms with van der Waals surface area (Å²) < 4.78 is 31.3. The zero-order chi connectivity index (χ0) is 14.7. The summed E-state index contributed by atoms with van der Waals surface area (Å²) in [5, 5.41) is 0.388. The fraction of sp³-hybridized carbons (Fsp3) is 0.133. The molecule has 2 nitrogen and oxygen atoms in total. The molecule has 5 heteroatoms. The van der Waals surface area contributed by atoms with Crippen LogP contribution in [0.5, 0.6) is 5.75 Å². The molecule has 0 aliphatic carbocycles. The van der Waals surface area contributed by atoms with Crippen molar-refractivity contribution in [2.24, 2.45) is 0 Å². The standard InChI is InChI=1S/C15H11ClF2O2/c1-20-15-3-2-10(16)7-13(15)14(19)6-9-4-11(17)8-12(18)5-9/h2-5,7-8H,6H2,1H3. The molecule has 0 bridgehead atoms. The molecule has 0 amide bonds. The van der Waals surface area contributed by atoms with Gasteiger partial charge in [0.05, 0.1) is 12.7 Å². The molecule has 0 saturated carbocycles. The maximum Gasteiger partial charge on any atom is 0.171 e. The molecule has 0 spiro atoms. The minimum Gasteiger partial charge on any atom is -0.496 e. The van der Waals surface area contributed by atoms with E-state index in [1.54, 1.807) is 12.1 Å². The van der Waals surface area contributed by atoms with Crippen LogP contribution in [0.4, 0.5) is 8.78 Å². The van der Waals surface area contributed by atoms with Crippen LogP contribution < -0.4 is 4.74 Å². The zero-order valence-corrected chi connectivity index (χ0v) is 11.4. The van der Waals surface area contributed by atoms with Crippen LogP contribution in [0, 0.1) is 11.6 Å². The summed E-state index contributed by atoms with van der Waals surface area (Å²) in [5.74, 6) is -1.39. The highest BCUT2D eigenvalue weighted by atomic mass is 35.5. The maximum atomic E-state index is 13.1. The predicted octanol–water partition coefficient (Wildman–Crippen LogP) is 4.05. The predicted molar refractivity (Wildman–Crippen MR) is 72.4 cm³/mol. The zero-order valence-electron chi connectivity index (χ0n) is 10.6. The lowest BCUT2D eigenvalue weighted by atomic mass is 10.0. The summed E-state index contributed by atoms with van der Waals surface area (Å²) >= 11 is 5.84. The van der Waals surface area contributed by atoms with Crippen molar-refractivity contribution in [2.75, 3.05) is 7.11 Å². The summed E-state index contributed by atoms with van der Waals surface area (Å²) in [5.41, 5.74) is 0.541. The molecule has 0 heterocycles. The van der Waals surface area contributed by atoms with Crippen LogP contribution in [0.15, 0.2) is 36.4 Å². The number of ether oxygens (including phenoxy) is 1. The van der Waals surface area contributed by atoms with Gasteiger partial charge in [0.1, 0.15) is 17.4 Å². The van der Waals surface area contributed by atoms with Gasteiger partial charge in [0.15, 0.2) is 5.78 Å². The molecule has 104 valence electrons. The van der Waals surface area contributed by atoms with Gasteiger partial charge in [0.2, 0.25) is 0 Å². The fourth-order valence-electron chi connectivity index (χ4n) is 1.89. The van der Waals surface area contributed by atoms with Gasteiger partial charge in [0, 0.05) is 17.5 Å². The van der Waals surface area contributed by atoms with Gasteiger partial charge in [-0.15, -0.1) is 0 Å². The van der Waals surface area contributed by atoms with E-state index in [0.29, 0.717) is 10.8 Å². The molecule has 2 aromatic carbocycles. The number of halogens is 3. The molecular formula is C15H11ClF2O2. The maximum absolute atomic E-state index is 13.1. The highest BCUT2D eigenvalue weighted by Gasteiger charge is 2.14. The van der Waals surface area contributed by atoms with Gasteiger partial charge >= 0.3 is 0 Å². The first-order chi connectivity index (χ1) is 9.49. The highest BCUT2D eigenvalue weighted by Crippen LogP contribution is 2.24. The largest absolute Gasteiger partial charge is 0.496 e. The average Bonchev–Trinajstić information content (AvgIpc) is 2.37. The number of hydrogen-bond donors (Lipinski definition) is 0. The third kappa shape index (κ3) is 3.33. The number of methoxy groups -OCH3 is 1. The summed E-state index contributed by atoms with van der Waals surface area (Å²) in [6.07, 6.45) is -0.134. The average molecular weight is 297 g/mol. The Morgan fingerprint density at radius 1 is 1.15 bits per heavy atom. The lowest BCUT2D eigenvalue weighted by Crippen LogP contribution is -2.06. The molecule has 20 heavy (non-hydrogen) atoms. The van der Waals surface area contributed by atoms with E-state index in [2.05, 4.69) is 0 Å². The monoisotopic (exact) mass is 296 g/mol. The van der Waals surface area contributed by atoms with Crippen LogP contribution in [0.3, 0.4) is 0 Å². The highest BCUT2D eigenvalue weighted by molar-refractivity contribution is 6.31. The van der Waals surface area contributed by atoms with Gasteiger partial charge in [-0.1, -0.05) is 11.6 Å². The van der Waals surface area contributed by atoms with Crippen molar-refractivity contribution in [1.29, 1.82) is 0 Å². The molecule has 0 atom stereocenters. The second kappa shape index (κ2) is 6.01. The summed E-state index contributed by atoms with van der Waals surface area (Å²) in [6, 6.07) is 7.64. The SMILES string of the molecule is COc1ccc(Cl)cc1C(=O)Cc1cc(F)cc(F)c1. The van der Waals surface area contributed by atoms with Gasteiger partial charge < -0.3 is 4.74 Å². The number of benzene rings is 2. The summed E-state index contributed by atoms with van der Waals surface area (Å²) in [6.45, 7) is 0. The van der Waals surface area contributed by atoms with Crippen LogP contribution in [0.2, 0.25) is 5.02 Å². The molecule has 2 aromatic rings. The second-order valence-corrected chi connectivity index (χ2v) is 4.66. The third-order valence-electron chi connectivity index (χ3n) is 2.75. The molecule has 0 fully saturated rings. The van der Waals surface area contributed by atoms with Crippen molar-refractivity contribution in [3.8, 4) is 5.75 Å². The molecule has 0 unspecified atom stereocenters. The first-order valence-electron chi connectivity index (χ1n) is 5.81. The first-order valence-corrected chi connectivity index (χ1v) is 6.19. The van der Waals surface area contributed by atoms with E-state index in [1.807, 2.05) is 0 Å².